The van der Waals surface area contributed by atoms with E-state index >= 15 is 0 Å². The van der Waals surface area contributed by atoms with Gasteiger partial charge in [-0.25, -0.2) is 4.98 Å². The van der Waals surface area contributed by atoms with Crippen molar-refractivity contribution in [2.75, 3.05) is 55.4 Å². The van der Waals surface area contributed by atoms with E-state index in [1.54, 1.807) is 11.1 Å². The molecule has 1 aliphatic heterocycles. The maximum Gasteiger partial charge on any atom is 0.229 e. The van der Waals surface area contributed by atoms with Crippen LogP contribution in [0.15, 0.2) is 36.5 Å². The Kier molecular flexibility index (Phi) is 4.79. The lowest BCUT2D eigenvalue weighted by Crippen LogP contribution is -2.46. The molecule has 0 aliphatic carbocycles. The van der Waals surface area contributed by atoms with Crippen LogP contribution in [0.2, 0.25) is 0 Å². The number of piperazine rings is 1. The number of nitrogens with zero attached hydrogens (tertiary/aromatic N) is 5. The van der Waals surface area contributed by atoms with E-state index in [2.05, 4.69) is 25.1 Å². The van der Waals surface area contributed by atoms with E-state index in [1.807, 2.05) is 44.4 Å². The van der Waals surface area contributed by atoms with E-state index in [1.165, 1.54) is 0 Å². The second-order valence-corrected chi connectivity index (χ2v) is 5.93. The molecule has 1 amide bonds. The molecule has 0 radical (unpaired) electrons. The third kappa shape index (κ3) is 3.73. The average Bonchev–Trinajstić information content (AvgIpc) is 2.62. The van der Waals surface area contributed by atoms with E-state index in [-0.39, 0.29) is 0 Å². The summed E-state index contributed by atoms with van der Waals surface area (Å²) in [6.07, 6.45) is 2.66. The summed E-state index contributed by atoms with van der Waals surface area (Å²) < 4.78 is 0. The molecule has 0 unspecified atom stereocenters. The van der Waals surface area contributed by atoms with Gasteiger partial charge in [-0.2, -0.15) is 4.98 Å². The molecule has 7 nitrogen and oxygen atoms in total. The predicted octanol–water partition coefficient (Wildman–Crippen LogP) is 1.56. The third-order valence-corrected chi connectivity index (χ3v) is 4.07. The molecule has 0 atom stereocenters. The van der Waals surface area contributed by atoms with Gasteiger partial charge in [0.05, 0.1) is 0 Å². The summed E-state index contributed by atoms with van der Waals surface area (Å²) in [6, 6.07) is 10.0. The molecular formula is C17H22N6O. The lowest BCUT2D eigenvalue weighted by atomic mass is 10.2. The zero-order valence-corrected chi connectivity index (χ0v) is 14.0. The lowest BCUT2D eigenvalue weighted by molar-refractivity contribution is -0.118. The highest BCUT2D eigenvalue weighted by atomic mass is 16.1. The fourth-order valence-electron chi connectivity index (χ4n) is 2.61. The zero-order chi connectivity index (χ0) is 16.9. The first-order valence-electron chi connectivity index (χ1n) is 7.97. The van der Waals surface area contributed by atoms with E-state index in [4.69, 9.17) is 0 Å². The van der Waals surface area contributed by atoms with Crippen LogP contribution < -0.4 is 15.1 Å². The smallest absolute Gasteiger partial charge is 0.229 e. The maximum absolute atomic E-state index is 10.8. The predicted molar refractivity (Wildman–Crippen MR) is 95.9 cm³/mol. The molecule has 7 heteroatoms. The highest BCUT2D eigenvalue weighted by molar-refractivity contribution is 5.59. The van der Waals surface area contributed by atoms with Gasteiger partial charge in [0.15, 0.2) is 0 Å². The van der Waals surface area contributed by atoms with Crippen molar-refractivity contribution in [3.63, 3.8) is 0 Å². The van der Waals surface area contributed by atoms with E-state index in [0.29, 0.717) is 5.95 Å². The number of nitrogens with one attached hydrogen (secondary N) is 1. The lowest BCUT2D eigenvalue weighted by Gasteiger charge is -2.33. The Balaban J connectivity index is 1.68. The normalized spacial score (nSPS) is 14.4. The summed E-state index contributed by atoms with van der Waals surface area (Å²) in [5.74, 6) is 1.45. The average molecular weight is 326 g/mol. The van der Waals surface area contributed by atoms with E-state index in [9.17, 15) is 4.79 Å². The highest BCUT2D eigenvalue weighted by Gasteiger charge is 2.17. The van der Waals surface area contributed by atoms with Crippen LogP contribution in [0, 0.1) is 0 Å². The van der Waals surface area contributed by atoms with Gasteiger partial charge in [0, 0.05) is 57.8 Å². The van der Waals surface area contributed by atoms with Gasteiger partial charge >= 0.3 is 0 Å². The number of amides is 1. The minimum Gasteiger partial charge on any atom is -0.378 e. The Labute approximate surface area is 141 Å². The molecule has 2 heterocycles. The first kappa shape index (κ1) is 16.0. The van der Waals surface area contributed by atoms with Gasteiger partial charge in [0.1, 0.15) is 5.82 Å². The largest absolute Gasteiger partial charge is 0.378 e. The van der Waals surface area contributed by atoms with Gasteiger partial charge in [-0.3, -0.25) is 4.79 Å². The van der Waals surface area contributed by atoms with Crippen molar-refractivity contribution < 1.29 is 4.79 Å². The molecule has 0 saturated carbocycles. The van der Waals surface area contributed by atoms with Crippen molar-refractivity contribution in [3.8, 4) is 0 Å². The molecular weight excluding hydrogens is 304 g/mol. The van der Waals surface area contributed by atoms with Crippen LogP contribution in [0.25, 0.3) is 0 Å². The van der Waals surface area contributed by atoms with Crippen LogP contribution in [-0.2, 0) is 4.79 Å². The summed E-state index contributed by atoms with van der Waals surface area (Å²) in [6.45, 7) is 3.02. The van der Waals surface area contributed by atoms with Gasteiger partial charge in [0.2, 0.25) is 12.4 Å². The van der Waals surface area contributed by atoms with Crippen LogP contribution in [0.1, 0.15) is 0 Å². The number of hydrogen-bond donors (Lipinski definition) is 1. The van der Waals surface area contributed by atoms with Crippen LogP contribution in [0.3, 0.4) is 0 Å². The Bertz CT molecular complexity index is 680. The molecule has 1 N–H and O–H groups in total. The molecule has 24 heavy (non-hydrogen) atoms. The van der Waals surface area contributed by atoms with Crippen molar-refractivity contribution in [3.05, 3.63) is 36.5 Å². The van der Waals surface area contributed by atoms with Gasteiger partial charge in [0.25, 0.3) is 0 Å². The molecule has 1 fully saturated rings. The molecule has 1 saturated heterocycles. The number of carbonyl (C=O) groups is 1. The molecule has 1 aliphatic rings. The molecule has 0 bridgehead atoms. The van der Waals surface area contributed by atoms with Crippen molar-refractivity contribution in [1.29, 1.82) is 0 Å². The molecule has 126 valence electrons. The third-order valence-electron chi connectivity index (χ3n) is 4.07. The van der Waals surface area contributed by atoms with Crippen molar-refractivity contribution in [2.45, 2.75) is 0 Å². The highest BCUT2D eigenvalue weighted by Crippen LogP contribution is 2.20. The fraction of sp³-hybridized carbons (Fsp3) is 0.353. The van der Waals surface area contributed by atoms with Gasteiger partial charge in [-0.1, -0.05) is 0 Å². The first-order valence-corrected chi connectivity index (χ1v) is 7.97. The minimum absolute atomic E-state index is 0.572. The van der Waals surface area contributed by atoms with Crippen molar-refractivity contribution in [1.82, 2.24) is 14.9 Å². The number of carbonyl (C=O) groups excluding carboxylic acids is 1. The Morgan fingerprint density at radius 1 is 1.08 bits per heavy atom. The van der Waals surface area contributed by atoms with Gasteiger partial charge < -0.3 is 20.0 Å². The minimum atomic E-state index is 0.572. The number of anilines is 4. The summed E-state index contributed by atoms with van der Waals surface area (Å²) >= 11 is 0. The monoisotopic (exact) mass is 326 g/mol. The standard InChI is InChI=1S/C17H22N6O/c1-21(2)15-5-3-14(4-6-15)19-17-18-8-7-16(20-17)23-11-9-22(13-24)10-12-23/h3-8,13H,9-12H2,1-2H3,(H,18,19,20). The number of aromatic nitrogens is 2. The van der Waals surface area contributed by atoms with Crippen LogP contribution in [-0.4, -0.2) is 61.6 Å². The SMILES string of the molecule is CN(C)c1ccc(Nc2nccc(N3CCN(C=O)CC3)n2)cc1. The van der Waals surface area contributed by atoms with Gasteiger partial charge in [-0.05, 0) is 30.3 Å². The summed E-state index contributed by atoms with van der Waals surface area (Å²) in [4.78, 5) is 25.7. The Morgan fingerprint density at radius 2 is 1.79 bits per heavy atom. The van der Waals surface area contributed by atoms with E-state index in [0.717, 1.165) is 49.8 Å². The summed E-state index contributed by atoms with van der Waals surface area (Å²) in [5.41, 5.74) is 2.09. The number of rotatable bonds is 5. The van der Waals surface area contributed by atoms with Crippen LogP contribution in [0.4, 0.5) is 23.1 Å². The van der Waals surface area contributed by atoms with Crippen molar-refractivity contribution in [2.24, 2.45) is 0 Å². The molecule has 3 rings (SSSR count). The second-order valence-electron chi connectivity index (χ2n) is 5.93. The summed E-state index contributed by atoms with van der Waals surface area (Å²) in [7, 11) is 4.03. The van der Waals surface area contributed by atoms with Crippen LogP contribution in [0.5, 0.6) is 0 Å². The van der Waals surface area contributed by atoms with Crippen molar-refractivity contribution >= 4 is 29.6 Å². The molecule has 0 spiro atoms. The summed E-state index contributed by atoms with van der Waals surface area (Å²) in [5, 5.41) is 3.24. The van der Waals surface area contributed by atoms with Gasteiger partial charge in [-0.15, -0.1) is 0 Å². The topological polar surface area (TPSA) is 64.6 Å². The fourth-order valence-corrected chi connectivity index (χ4v) is 2.61. The quantitative estimate of drug-likeness (QED) is 0.842. The zero-order valence-electron chi connectivity index (χ0n) is 14.0. The Hall–Kier alpha value is -2.83. The van der Waals surface area contributed by atoms with E-state index < -0.39 is 0 Å². The second kappa shape index (κ2) is 7.16. The number of hydrogen-bond acceptors (Lipinski definition) is 6. The molecule has 2 aromatic rings. The number of benzene rings is 1. The van der Waals surface area contributed by atoms with Crippen LogP contribution >= 0.6 is 0 Å². The maximum atomic E-state index is 10.8. The molecule has 1 aromatic carbocycles. The Morgan fingerprint density at radius 3 is 2.42 bits per heavy atom. The first-order chi connectivity index (χ1) is 11.7. The molecule has 1 aromatic heterocycles.